The zero-order valence-electron chi connectivity index (χ0n) is 18.8. The Balaban J connectivity index is 1.67. The van der Waals surface area contributed by atoms with Crippen LogP contribution in [0.3, 0.4) is 0 Å². The van der Waals surface area contributed by atoms with Gasteiger partial charge in [0.05, 0.1) is 12.2 Å². The SMILES string of the molecule is CC(C)C(NC(=O)OCc1ccccc1)C(=O)CC1Cc2oncc2CCCNC(=O)C1=O. The van der Waals surface area contributed by atoms with Crippen molar-refractivity contribution < 1.29 is 28.4 Å². The van der Waals surface area contributed by atoms with Crippen LogP contribution < -0.4 is 10.6 Å². The minimum Gasteiger partial charge on any atom is -0.445 e. The molecule has 1 aliphatic heterocycles. The Bertz CT molecular complexity index is 985. The molecular formula is C24H29N3O6. The lowest BCUT2D eigenvalue weighted by atomic mass is 9.86. The zero-order valence-corrected chi connectivity index (χ0v) is 18.8. The number of aromatic nitrogens is 1. The summed E-state index contributed by atoms with van der Waals surface area (Å²) < 4.78 is 10.5. The molecule has 0 fully saturated rings. The highest BCUT2D eigenvalue weighted by Gasteiger charge is 2.34. The number of nitrogens with zero attached hydrogens (tertiary/aromatic N) is 1. The topological polar surface area (TPSA) is 128 Å². The number of ether oxygens (including phenoxy) is 1. The summed E-state index contributed by atoms with van der Waals surface area (Å²) in [4.78, 5) is 50.5. The second kappa shape index (κ2) is 11.4. The molecule has 0 saturated carbocycles. The molecular weight excluding hydrogens is 426 g/mol. The Morgan fingerprint density at radius 2 is 2.00 bits per heavy atom. The van der Waals surface area contributed by atoms with Crippen LogP contribution in [-0.2, 0) is 38.6 Å². The highest BCUT2D eigenvalue weighted by Crippen LogP contribution is 2.21. The van der Waals surface area contributed by atoms with Gasteiger partial charge in [-0.05, 0) is 24.3 Å². The van der Waals surface area contributed by atoms with Crippen molar-refractivity contribution >= 4 is 23.6 Å². The molecule has 2 aromatic rings. The summed E-state index contributed by atoms with van der Waals surface area (Å²) in [7, 11) is 0. The van der Waals surface area contributed by atoms with E-state index in [0.717, 1.165) is 11.1 Å². The summed E-state index contributed by atoms with van der Waals surface area (Å²) >= 11 is 0. The highest BCUT2D eigenvalue weighted by atomic mass is 16.5. The first-order valence-corrected chi connectivity index (χ1v) is 11.1. The number of nitrogens with one attached hydrogen (secondary N) is 2. The summed E-state index contributed by atoms with van der Waals surface area (Å²) in [5.74, 6) is -2.40. The first kappa shape index (κ1) is 24.2. The number of benzene rings is 1. The highest BCUT2D eigenvalue weighted by molar-refractivity contribution is 6.37. The third-order valence-electron chi connectivity index (χ3n) is 5.61. The molecule has 9 heteroatoms. The predicted molar refractivity (Wildman–Crippen MR) is 118 cm³/mol. The van der Waals surface area contributed by atoms with E-state index in [0.29, 0.717) is 25.1 Å². The largest absolute Gasteiger partial charge is 0.445 e. The maximum absolute atomic E-state index is 13.1. The van der Waals surface area contributed by atoms with Crippen LogP contribution >= 0.6 is 0 Å². The van der Waals surface area contributed by atoms with Crippen LogP contribution in [0.5, 0.6) is 0 Å². The van der Waals surface area contributed by atoms with Crippen LogP contribution in [0.4, 0.5) is 4.79 Å². The van der Waals surface area contributed by atoms with E-state index < -0.39 is 29.7 Å². The lowest BCUT2D eigenvalue weighted by Crippen LogP contribution is -2.46. The van der Waals surface area contributed by atoms with Gasteiger partial charge in [0, 0.05) is 30.9 Å². The van der Waals surface area contributed by atoms with Gasteiger partial charge in [-0.15, -0.1) is 0 Å². The molecule has 1 aromatic heterocycles. The molecule has 0 radical (unpaired) electrons. The van der Waals surface area contributed by atoms with Crippen molar-refractivity contribution in [2.24, 2.45) is 11.8 Å². The van der Waals surface area contributed by atoms with Crippen molar-refractivity contribution in [1.29, 1.82) is 0 Å². The van der Waals surface area contributed by atoms with Crippen molar-refractivity contribution in [3.63, 3.8) is 0 Å². The lowest BCUT2D eigenvalue weighted by Gasteiger charge is -2.23. The Labute approximate surface area is 192 Å². The molecule has 3 rings (SSSR count). The van der Waals surface area contributed by atoms with Gasteiger partial charge in [-0.3, -0.25) is 14.4 Å². The molecule has 9 nitrogen and oxygen atoms in total. The smallest absolute Gasteiger partial charge is 0.408 e. The number of ketones is 2. The van der Waals surface area contributed by atoms with Crippen LogP contribution in [0.1, 0.15) is 43.6 Å². The Kier molecular flexibility index (Phi) is 8.34. The van der Waals surface area contributed by atoms with Crippen LogP contribution in [0.25, 0.3) is 0 Å². The molecule has 0 bridgehead atoms. The minimum atomic E-state index is -0.911. The third kappa shape index (κ3) is 6.74. The van der Waals surface area contributed by atoms with Gasteiger partial charge in [-0.2, -0.15) is 0 Å². The molecule has 2 amide bonds. The predicted octanol–water partition coefficient (Wildman–Crippen LogP) is 2.38. The van der Waals surface area contributed by atoms with Gasteiger partial charge in [-0.25, -0.2) is 4.79 Å². The first-order valence-electron chi connectivity index (χ1n) is 11.1. The third-order valence-corrected chi connectivity index (χ3v) is 5.61. The van der Waals surface area contributed by atoms with Crippen LogP contribution in [-0.4, -0.2) is 41.3 Å². The number of alkyl carbamates (subject to hydrolysis) is 1. The van der Waals surface area contributed by atoms with Crippen molar-refractivity contribution in [3.8, 4) is 0 Å². The molecule has 1 aromatic carbocycles. The normalized spacial score (nSPS) is 17.6. The molecule has 176 valence electrons. The number of rotatable bonds is 7. The maximum atomic E-state index is 13.1. The van der Waals surface area contributed by atoms with Crippen LogP contribution in [0, 0.1) is 11.8 Å². The number of carbonyl (C=O) groups is 4. The number of carbonyl (C=O) groups excluding carboxylic acids is 4. The van der Waals surface area contributed by atoms with E-state index in [1.807, 2.05) is 30.3 Å². The number of hydrogen-bond acceptors (Lipinski definition) is 7. The molecule has 0 aliphatic carbocycles. The Morgan fingerprint density at radius 3 is 2.73 bits per heavy atom. The van der Waals surface area contributed by atoms with Gasteiger partial charge in [0.15, 0.2) is 5.78 Å². The Morgan fingerprint density at radius 1 is 1.24 bits per heavy atom. The van der Waals surface area contributed by atoms with Gasteiger partial charge < -0.3 is 19.9 Å². The maximum Gasteiger partial charge on any atom is 0.408 e. The standard InChI is InChI=1S/C24H29N3O6/c1-15(2)21(27-24(31)32-14-16-7-4-3-5-8-16)19(28)11-18-12-20-17(13-26-33-20)9-6-10-25-23(30)22(18)29/h3-5,7-8,13,15,18,21H,6,9-12,14H2,1-2H3,(H,25,30)(H,27,31). The van der Waals surface area contributed by atoms with Crippen molar-refractivity contribution in [2.75, 3.05) is 6.54 Å². The number of amides is 2. The van der Waals surface area contributed by atoms with Gasteiger partial charge >= 0.3 is 6.09 Å². The number of hydrogen-bond donors (Lipinski definition) is 2. The summed E-state index contributed by atoms with van der Waals surface area (Å²) in [5.41, 5.74) is 1.68. The fraction of sp³-hybridized carbons (Fsp3) is 0.458. The van der Waals surface area contributed by atoms with Crippen molar-refractivity contribution in [3.05, 3.63) is 53.4 Å². The second-order valence-corrected chi connectivity index (χ2v) is 8.50. The molecule has 2 unspecified atom stereocenters. The van der Waals surface area contributed by atoms with E-state index in [1.165, 1.54) is 0 Å². The van der Waals surface area contributed by atoms with E-state index in [2.05, 4.69) is 15.8 Å². The summed E-state index contributed by atoms with van der Waals surface area (Å²) in [6.07, 6.45) is 2.06. The zero-order chi connectivity index (χ0) is 23.8. The molecule has 2 atom stereocenters. The van der Waals surface area contributed by atoms with Crippen LogP contribution in [0.15, 0.2) is 41.1 Å². The van der Waals surface area contributed by atoms with Crippen molar-refractivity contribution in [2.45, 2.75) is 52.2 Å². The Hall–Kier alpha value is -3.49. The van der Waals surface area contributed by atoms with E-state index in [1.54, 1.807) is 20.0 Å². The summed E-state index contributed by atoms with van der Waals surface area (Å²) in [6.45, 7) is 3.99. The molecule has 2 heterocycles. The summed E-state index contributed by atoms with van der Waals surface area (Å²) in [6, 6.07) is 8.32. The van der Waals surface area contributed by atoms with Crippen molar-refractivity contribution in [1.82, 2.24) is 15.8 Å². The average molecular weight is 456 g/mol. The van der Waals surface area contributed by atoms with E-state index >= 15 is 0 Å². The van der Waals surface area contributed by atoms with Gasteiger partial charge in [-0.1, -0.05) is 49.3 Å². The van der Waals surface area contributed by atoms with Gasteiger partial charge in [0.1, 0.15) is 12.4 Å². The molecule has 33 heavy (non-hydrogen) atoms. The quantitative estimate of drug-likeness (QED) is 0.614. The number of aryl methyl sites for hydroxylation is 1. The molecule has 0 spiro atoms. The minimum absolute atomic E-state index is 0.0707. The van der Waals surface area contributed by atoms with E-state index in [4.69, 9.17) is 9.26 Å². The average Bonchev–Trinajstić information content (AvgIpc) is 3.24. The molecule has 1 aliphatic rings. The fourth-order valence-corrected chi connectivity index (χ4v) is 3.77. The fourth-order valence-electron chi connectivity index (χ4n) is 3.77. The number of fused-ring (bicyclic) bond motifs is 1. The van der Waals surface area contributed by atoms with Gasteiger partial charge in [0.2, 0.25) is 5.78 Å². The molecule has 0 saturated heterocycles. The monoisotopic (exact) mass is 455 g/mol. The number of Topliss-reactive ketones (excluding diaryl/α,β-unsaturated/α-hetero) is 2. The lowest BCUT2D eigenvalue weighted by molar-refractivity contribution is -0.141. The van der Waals surface area contributed by atoms with E-state index in [9.17, 15) is 19.2 Å². The van der Waals surface area contributed by atoms with Gasteiger partial charge in [0.25, 0.3) is 5.91 Å². The summed E-state index contributed by atoms with van der Waals surface area (Å²) in [5, 5.41) is 9.02. The van der Waals surface area contributed by atoms with Crippen LogP contribution in [0.2, 0.25) is 0 Å². The second-order valence-electron chi connectivity index (χ2n) is 8.50. The molecule has 2 N–H and O–H groups in total. The first-order chi connectivity index (χ1) is 15.8. The van der Waals surface area contributed by atoms with E-state index in [-0.39, 0.29) is 31.1 Å².